The number of pyridine rings is 1. The van der Waals surface area contributed by atoms with E-state index >= 15 is 0 Å². The highest BCUT2D eigenvalue weighted by Gasteiger charge is 2.61. The fourth-order valence-electron chi connectivity index (χ4n) is 6.05. The van der Waals surface area contributed by atoms with Gasteiger partial charge >= 0.3 is 5.97 Å². The number of benzene rings is 2. The second-order valence-electron chi connectivity index (χ2n) is 13.0. The molecule has 2 aliphatic rings. The van der Waals surface area contributed by atoms with Gasteiger partial charge in [-0.15, -0.1) is 6.58 Å². The third-order valence-electron chi connectivity index (χ3n) is 8.68. The maximum absolute atomic E-state index is 14.1. The van der Waals surface area contributed by atoms with Crippen molar-refractivity contribution in [3.05, 3.63) is 67.3 Å². The molecule has 5 rings (SSSR count). The van der Waals surface area contributed by atoms with Gasteiger partial charge in [-0.05, 0) is 24.0 Å². The van der Waals surface area contributed by atoms with Gasteiger partial charge in [0.15, 0.2) is 0 Å². The van der Waals surface area contributed by atoms with Gasteiger partial charge in [-0.3, -0.25) is 14.4 Å². The summed E-state index contributed by atoms with van der Waals surface area (Å²) in [4.78, 5) is 58.5. The first kappa shape index (κ1) is 32.5. The maximum atomic E-state index is 14.1. The van der Waals surface area contributed by atoms with Gasteiger partial charge in [-0.1, -0.05) is 57.2 Å². The van der Waals surface area contributed by atoms with E-state index in [-0.39, 0.29) is 25.3 Å². The summed E-state index contributed by atoms with van der Waals surface area (Å²) >= 11 is 0. The molecule has 2 aromatic carbocycles. The van der Waals surface area contributed by atoms with E-state index < -0.39 is 52.8 Å². The van der Waals surface area contributed by atoms with Crippen molar-refractivity contribution in [2.45, 2.75) is 64.3 Å². The summed E-state index contributed by atoms with van der Waals surface area (Å²) in [7, 11) is 1.58. The number of ether oxygens (including phenoxy) is 2. The molecule has 0 spiro atoms. The molecular weight excluding hydrogens is 588 g/mol. The van der Waals surface area contributed by atoms with Crippen LogP contribution in [0.25, 0.3) is 22.2 Å². The van der Waals surface area contributed by atoms with Crippen LogP contribution in [-0.2, 0) is 19.2 Å². The summed E-state index contributed by atoms with van der Waals surface area (Å²) in [5, 5.41) is 16.1. The zero-order valence-electron chi connectivity index (χ0n) is 26.7. The Labute approximate surface area is 268 Å². The van der Waals surface area contributed by atoms with Crippen molar-refractivity contribution in [3.63, 3.8) is 0 Å². The van der Waals surface area contributed by atoms with Gasteiger partial charge in [0.05, 0.1) is 24.9 Å². The van der Waals surface area contributed by atoms with Crippen LogP contribution in [-0.4, -0.2) is 76.1 Å². The molecule has 46 heavy (non-hydrogen) atoms. The third-order valence-corrected chi connectivity index (χ3v) is 8.68. The maximum Gasteiger partial charge on any atom is 0.330 e. The molecule has 1 unspecified atom stereocenters. The van der Waals surface area contributed by atoms with Gasteiger partial charge in [0.25, 0.3) is 0 Å². The second kappa shape index (κ2) is 12.5. The molecule has 3 N–H and O–H groups in total. The summed E-state index contributed by atoms with van der Waals surface area (Å²) in [6, 6.07) is 14.9. The number of aliphatic carboxylic acids is 1. The van der Waals surface area contributed by atoms with E-state index in [0.717, 1.165) is 5.56 Å². The Morgan fingerprint density at radius 2 is 1.85 bits per heavy atom. The van der Waals surface area contributed by atoms with Crippen molar-refractivity contribution in [1.29, 1.82) is 0 Å². The standard InChI is InChI=1S/C35H40N4O7/c1-7-22-18-35(22,33(43)44)38-31(41)28-16-24(19-39(28)32(42)30(34(3,4)5)36-20(2)40)46-29-17-26(21-11-9-8-10-12-21)37-27-15-23(45-6)13-14-25(27)29/h7-15,17,22,24,28,30H,1,16,18-19H2,2-6H3,(H,36,40)(H,38,41)(H,43,44)/t22-,24+,28-,30+,35?/m0/s1. The zero-order chi connectivity index (χ0) is 33.4. The normalized spacial score (nSPS) is 22.9. The Morgan fingerprint density at radius 3 is 2.43 bits per heavy atom. The van der Waals surface area contributed by atoms with Gasteiger partial charge in [0.1, 0.15) is 35.2 Å². The van der Waals surface area contributed by atoms with Gasteiger partial charge < -0.3 is 30.1 Å². The molecule has 0 bridgehead atoms. The monoisotopic (exact) mass is 628 g/mol. The molecule has 1 aliphatic heterocycles. The van der Waals surface area contributed by atoms with Crippen LogP contribution in [0, 0.1) is 11.3 Å². The van der Waals surface area contributed by atoms with Crippen molar-refractivity contribution in [3.8, 4) is 22.8 Å². The lowest BCUT2D eigenvalue weighted by atomic mass is 9.85. The Hall–Kier alpha value is -4.93. The number of hydrogen-bond acceptors (Lipinski definition) is 7. The smallest absolute Gasteiger partial charge is 0.330 e. The molecule has 1 aromatic heterocycles. The topological polar surface area (TPSA) is 147 Å². The van der Waals surface area contributed by atoms with Crippen LogP contribution < -0.4 is 20.1 Å². The van der Waals surface area contributed by atoms with Crippen molar-refractivity contribution >= 4 is 34.6 Å². The van der Waals surface area contributed by atoms with Crippen LogP contribution in [0.4, 0.5) is 0 Å². The molecule has 2 fully saturated rings. The third kappa shape index (κ3) is 6.40. The summed E-state index contributed by atoms with van der Waals surface area (Å²) < 4.78 is 12.0. The number of hydrogen-bond donors (Lipinski definition) is 3. The number of carbonyl (C=O) groups excluding carboxylic acids is 3. The minimum Gasteiger partial charge on any atom is -0.497 e. The summed E-state index contributed by atoms with van der Waals surface area (Å²) in [6.07, 6.45) is 1.19. The number of carboxylic acids is 1. The molecule has 1 aliphatic carbocycles. The SMILES string of the molecule is C=C[C@H]1CC1(NC(=O)[C@@H]1C[C@@H](Oc2cc(-c3ccccc3)nc3cc(OC)ccc23)CN1C(=O)[C@@H](NC(C)=O)C(C)(C)C)C(=O)O. The predicted octanol–water partition coefficient (Wildman–Crippen LogP) is 3.96. The fourth-order valence-corrected chi connectivity index (χ4v) is 6.05. The molecule has 3 aromatic rings. The van der Waals surface area contributed by atoms with Gasteiger partial charge in [-0.2, -0.15) is 0 Å². The number of rotatable bonds is 10. The minimum atomic E-state index is -1.47. The van der Waals surface area contributed by atoms with E-state index in [4.69, 9.17) is 14.5 Å². The van der Waals surface area contributed by atoms with Crippen LogP contribution in [0.2, 0.25) is 0 Å². The second-order valence-corrected chi connectivity index (χ2v) is 13.0. The van der Waals surface area contributed by atoms with Crippen LogP contribution >= 0.6 is 0 Å². The van der Waals surface area contributed by atoms with Crippen molar-refractivity contribution < 1.29 is 33.8 Å². The highest BCUT2D eigenvalue weighted by Crippen LogP contribution is 2.45. The predicted molar refractivity (Wildman–Crippen MR) is 172 cm³/mol. The van der Waals surface area contributed by atoms with Crippen LogP contribution in [0.15, 0.2) is 67.3 Å². The molecule has 3 amide bonds. The number of fused-ring (bicyclic) bond motifs is 1. The lowest BCUT2D eigenvalue weighted by Crippen LogP contribution is -2.59. The first-order valence-electron chi connectivity index (χ1n) is 15.2. The van der Waals surface area contributed by atoms with Crippen LogP contribution in [0.5, 0.6) is 11.5 Å². The Kier molecular flexibility index (Phi) is 8.79. The average molecular weight is 629 g/mol. The van der Waals surface area contributed by atoms with Crippen LogP contribution in [0.1, 0.15) is 40.5 Å². The number of carbonyl (C=O) groups is 4. The Balaban J connectivity index is 1.51. The molecule has 11 nitrogen and oxygen atoms in total. The highest BCUT2D eigenvalue weighted by atomic mass is 16.5. The Morgan fingerprint density at radius 1 is 1.13 bits per heavy atom. The largest absolute Gasteiger partial charge is 0.497 e. The van der Waals surface area contributed by atoms with E-state index in [0.29, 0.717) is 28.1 Å². The summed E-state index contributed by atoms with van der Waals surface area (Å²) in [5.74, 6) is -1.89. The number of methoxy groups -OCH3 is 1. The summed E-state index contributed by atoms with van der Waals surface area (Å²) in [5.41, 5.74) is 0.0319. The molecule has 0 radical (unpaired) electrons. The van der Waals surface area contributed by atoms with Gasteiger partial charge in [-0.25, -0.2) is 9.78 Å². The van der Waals surface area contributed by atoms with Crippen LogP contribution in [0.3, 0.4) is 0 Å². The Bertz CT molecular complexity index is 1690. The van der Waals surface area contributed by atoms with E-state index in [2.05, 4.69) is 17.2 Å². The quantitative estimate of drug-likeness (QED) is 0.286. The first-order chi connectivity index (χ1) is 21.8. The van der Waals surface area contributed by atoms with E-state index in [1.54, 1.807) is 13.2 Å². The van der Waals surface area contributed by atoms with E-state index in [1.165, 1.54) is 17.9 Å². The number of amides is 3. The number of carboxylic acid groups (broad SMARTS) is 1. The lowest BCUT2D eigenvalue weighted by Gasteiger charge is -2.35. The minimum absolute atomic E-state index is 0.0364. The van der Waals surface area contributed by atoms with Gasteiger partial charge in [0.2, 0.25) is 17.7 Å². The van der Waals surface area contributed by atoms with Crippen molar-refractivity contribution in [2.24, 2.45) is 11.3 Å². The number of nitrogens with zero attached hydrogens (tertiary/aromatic N) is 2. The van der Waals surface area contributed by atoms with Gasteiger partial charge in [0, 0.05) is 42.3 Å². The lowest BCUT2D eigenvalue weighted by molar-refractivity contribution is -0.147. The van der Waals surface area contributed by atoms with E-state index in [1.807, 2.05) is 69.3 Å². The van der Waals surface area contributed by atoms with Crippen molar-refractivity contribution in [1.82, 2.24) is 20.5 Å². The molecule has 5 atom stereocenters. The molecule has 11 heteroatoms. The average Bonchev–Trinajstić information content (AvgIpc) is 3.58. The molecule has 2 heterocycles. The van der Waals surface area contributed by atoms with E-state index in [9.17, 15) is 24.3 Å². The number of nitrogens with one attached hydrogen (secondary N) is 2. The molecule has 1 saturated carbocycles. The first-order valence-corrected chi connectivity index (χ1v) is 15.2. The molecule has 1 saturated heterocycles. The molecular formula is C35H40N4O7. The van der Waals surface area contributed by atoms with Crippen molar-refractivity contribution in [2.75, 3.05) is 13.7 Å². The number of aromatic nitrogens is 1. The zero-order valence-corrected chi connectivity index (χ0v) is 26.7. The number of likely N-dealkylation sites (tertiary alicyclic amines) is 1. The molecule has 242 valence electrons. The summed E-state index contributed by atoms with van der Waals surface area (Å²) in [6.45, 7) is 10.5. The fraction of sp³-hybridized carbons (Fsp3) is 0.400. The highest BCUT2D eigenvalue weighted by molar-refractivity contribution is 5.96.